The van der Waals surface area contributed by atoms with E-state index in [1.165, 1.54) is 38.5 Å². The van der Waals surface area contributed by atoms with Crippen molar-refractivity contribution in [3.05, 3.63) is 18.3 Å². The van der Waals surface area contributed by atoms with Gasteiger partial charge in [-0.3, -0.25) is 5.10 Å². The summed E-state index contributed by atoms with van der Waals surface area (Å²) >= 11 is 0. The molecule has 5 heteroatoms. The van der Waals surface area contributed by atoms with Gasteiger partial charge in [0.25, 0.3) is 0 Å². The molecule has 0 saturated heterocycles. The Morgan fingerprint density at radius 2 is 1.88 bits per heavy atom. The molecule has 2 N–H and O–H groups in total. The van der Waals surface area contributed by atoms with Gasteiger partial charge in [0.05, 0.1) is 17.1 Å². The number of nitrogens with zero attached hydrogens (tertiary/aromatic N) is 1. The van der Waals surface area contributed by atoms with E-state index >= 15 is 0 Å². The maximum Gasteiger partial charge on any atom is 0.172 e. The Morgan fingerprint density at radius 3 is 2.65 bits per heavy atom. The smallest absolute Gasteiger partial charge is 0.172 e. The minimum Gasteiger partial charge on any atom is -0.486 e. The molecule has 5 nitrogen and oxygen atoms in total. The normalized spacial score (nSPS) is 37.4. The summed E-state index contributed by atoms with van der Waals surface area (Å²) < 4.78 is 12.2. The molecule has 1 aliphatic heterocycles. The van der Waals surface area contributed by atoms with Gasteiger partial charge in [0.2, 0.25) is 0 Å². The summed E-state index contributed by atoms with van der Waals surface area (Å²) in [6, 6.07) is 3.96. The molecule has 4 bridgehead atoms. The molecule has 1 atom stereocenters. The summed E-state index contributed by atoms with van der Waals surface area (Å²) in [4.78, 5) is 0. The molecule has 1 aromatic carbocycles. The number of aromatic amines is 1. The van der Waals surface area contributed by atoms with Crippen LogP contribution in [0.5, 0.6) is 11.5 Å². The highest BCUT2D eigenvalue weighted by atomic mass is 16.6. The van der Waals surface area contributed by atoms with E-state index in [1.807, 2.05) is 18.3 Å². The topological polar surface area (TPSA) is 59.2 Å². The largest absolute Gasteiger partial charge is 0.486 e. The number of ether oxygens (including phenoxy) is 2. The first kappa shape index (κ1) is 15.3. The van der Waals surface area contributed by atoms with Crippen LogP contribution in [0.1, 0.15) is 38.5 Å². The molecule has 4 fully saturated rings. The predicted octanol–water partition coefficient (Wildman–Crippen LogP) is 3.51. The first-order chi connectivity index (χ1) is 12.8. The minimum absolute atomic E-state index is 0.0666. The fourth-order valence-corrected chi connectivity index (χ4v) is 6.70. The Hall–Kier alpha value is -1.75. The average Bonchev–Trinajstić information content (AvgIpc) is 3.09. The van der Waals surface area contributed by atoms with Gasteiger partial charge < -0.3 is 14.8 Å². The lowest BCUT2D eigenvalue weighted by atomic mass is 9.49. The van der Waals surface area contributed by atoms with Crippen LogP contribution in [0.3, 0.4) is 0 Å². The Balaban J connectivity index is 1.11. The van der Waals surface area contributed by atoms with E-state index < -0.39 is 0 Å². The molecular formula is C21H27N3O2. The van der Waals surface area contributed by atoms with Crippen LogP contribution in [-0.2, 0) is 0 Å². The van der Waals surface area contributed by atoms with Crippen molar-refractivity contribution in [2.75, 3.05) is 19.7 Å². The van der Waals surface area contributed by atoms with Crippen molar-refractivity contribution in [1.82, 2.24) is 15.5 Å². The molecule has 1 aromatic heterocycles. The molecule has 0 spiro atoms. The highest BCUT2D eigenvalue weighted by Gasteiger charge is 2.50. The number of rotatable bonds is 4. The Kier molecular flexibility index (Phi) is 3.31. The molecule has 7 rings (SSSR count). The van der Waals surface area contributed by atoms with E-state index in [9.17, 15) is 0 Å². The van der Waals surface area contributed by atoms with Crippen LogP contribution in [0, 0.1) is 23.2 Å². The lowest BCUT2D eigenvalue weighted by Crippen LogP contribution is -2.51. The van der Waals surface area contributed by atoms with Gasteiger partial charge in [-0.05, 0) is 73.8 Å². The van der Waals surface area contributed by atoms with Gasteiger partial charge in [0.15, 0.2) is 11.5 Å². The lowest BCUT2D eigenvalue weighted by Gasteiger charge is -2.57. The van der Waals surface area contributed by atoms with E-state index in [2.05, 4.69) is 15.5 Å². The summed E-state index contributed by atoms with van der Waals surface area (Å²) in [6.07, 6.45) is 10.8. The highest BCUT2D eigenvalue weighted by Crippen LogP contribution is 2.59. The van der Waals surface area contributed by atoms with Crippen molar-refractivity contribution in [3.8, 4) is 11.5 Å². The molecule has 2 heterocycles. The van der Waals surface area contributed by atoms with Gasteiger partial charge in [0.1, 0.15) is 12.7 Å². The van der Waals surface area contributed by atoms with Crippen molar-refractivity contribution < 1.29 is 9.47 Å². The minimum atomic E-state index is 0.0666. The predicted molar refractivity (Wildman–Crippen MR) is 99.5 cm³/mol. The second-order valence-corrected chi connectivity index (χ2v) is 9.32. The van der Waals surface area contributed by atoms with Crippen LogP contribution in [0.25, 0.3) is 10.9 Å². The van der Waals surface area contributed by atoms with Gasteiger partial charge in [-0.15, -0.1) is 0 Å². The molecule has 0 amide bonds. The van der Waals surface area contributed by atoms with E-state index in [4.69, 9.17) is 9.47 Å². The monoisotopic (exact) mass is 353 g/mol. The van der Waals surface area contributed by atoms with Crippen LogP contribution < -0.4 is 14.8 Å². The second kappa shape index (κ2) is 5.62. The SMILES string of the molecule is c1cc2[nH]ncc2c2c1OCC(CNCC13CC4CC(CC(C4)C1)C3)O2. The third-order valence-corrected chi connectivity index (χ3v) is 7.28. The van der Waals surface area contributed by atoms with E-state index in [0.717, 1.165) is 53.2 Å². The fourth-order valence-electron chi connectivity index (χ4n) is 6.70. The standard InChI is InChI=1S/C21H27N3O2/c1-2-19-20(17-10-23-24-18(1)17)26-16(11-25-19)9-22-12-21-6-13-3-14(7-21)5-15(4-13)8-21/h1-2,10,13-16,22H,3-9,11-12H2,(H,23,24). The van der Waals surface area contributed by atoms with Crippen molar-refractivity contribution in [2.24, 2.45) is 23.2 Å². The lowest BCUT2D eigenvalue weighted by molar-refractivity contribution is -0.0524. The fraction of sp³-hybridized carbons (Fsp3) is 0.667. The number of aromatic nitrogens is 2. The highest BCUT2D eigenvalue weighted by molar-refractivity contribution is 5.87. The zero-order chi connectivity index (χ0) is 17.1. The zero-order valence-electron chi connectivity index (χ0n) is 15.2. The van der Waals surface area contributed by atoms with Gasteiger partial charge in [-0.1, -0.05) is 0 Å². The number of hydrogen-bond donors (Lipinski definition) is 2. The molecule has 4 saturated carbocycles. The van der Waals surface area contributed by atoms with Crippen molar-refractivity contribution in [3.63, 3.8) is 0 Å². The van der Waals surface area contributed by atoms with Crippen LogP contribution in [0.2, 0.25) is 0 Å². The van der Waals surface area contributed by atoms with Crippen molar-refractivity contribution in [2.45, 2.75) is 44.6 Å². The molecule has 2 aromatic rings. The maximum atomic E-state index is 6.28. The zero-order valence-corrected chi connectivity index (χ0v) is 15.2. The van der Waals surface area contributed by atoms with Crippen LogP contribution in [0.15, 0.2) is 18.3 Å². The van der Waals surface area contributed by atoms with Crippen LogP contribution in [-0.4, -0.2) is 36.0 Å². The van der Waals surface area contributed by atoms with E-state index in [-0.39, 0.29) is 6.10 Å². The van der Waals surface area contributed by atoms with E-state index in [0.29, 0.717) is 12.0 Å². The van der Waals surface area contributed by atoms with Gasteiger partial charge in [-0.2, -0.15) is 5.10 Å². The third kappa shape index (κ3) is 2.43. The molecule has 1 unspecified atom stereocenters. The van der Waals surface area contributed by atoms with Gasteiger partial charge in [-0.25, -0.2) is 0 Å². The number of nitrogens with one attached hydrogen (secondary N) is 2. The Labute approximate surface area is 153 Å². The Morgan fingerprint density at radius 1 is 1.12 bits per heavy atom. The first-order valence-corrected chi connectivity index (χ1v) is 10.2. The molecule has 4 aliphatic carbocycles. The molecule has 0 radical (unpaired) electrons. The number of fused-ring (bicyclic) bond motifs is 3. The van der Waals surface area contributed by atoms with Crippen molar-refractivity contribution >= 4 is 10.9 Å². The van der Waals surface area contributed by atoms with Crippen LogP contribution in [0.4, 0.5) is 0 Å². The average molecular weight is 353 g/mol. The molecular weight excluding hydrogens is 326 g/mol. The number of hydrogen-bond acceptors (Lipinski definition) is 4. The van der Waals surface area contributed by atoms with Gasteiger partial charge >= 0.3 is 0 Å². The molecule has 26 heavy (non-hydrogen) atoms. The summed E-state index contributed by atoms with van der Waals surface area (Å²) in [5.41, 5.74) is 1.56. The summed E-state index contributed by atoms with van der Waals surface area (Å²) in [6.45, 7) is 2.62. The molecule has 5 aliphatic rings. The summed E-state index contributed by atoms with van der Waals surface area (Å²) in [5, 5.41) is 11.9. The second-order valence-electron chi connectivity index (χ2n) is 9.32. The third-order valence-electron chi connectivity index (χ3n) is 7.28. The van der Waals surface area contributed by atoms with Gasteiger partial charge in [0, 0.05) is 13.1 Å². The Bertz CT molecular complexity index is 794. The maximum absolute atomic E-state index is 6.28. The number of H-pyrrole nitrogens is 1. The van der Waals surface area contributed by atoms with E-state index in [1.54, 1.807) is 0 Å². The molecule has 138 valence electrons. The summed E-state index contributed by atoms with van der Waals surface area (Å²) in [5.74, 6) is 4.70. The summed E-state index contributed by atoms with van der Waals surface area (Å²) in [7, 11) is 0. The van der Waals surface area contributed by atoms with Crippen LogP contribution >= 0.6 is 0 Å². The quantitative estimate of drug-likeness (QED) is 0.883. The number of benzene rings is 1. The first-order valence-electron chi connectivity index (χ1n) is 10.2. The van der Waals surface area contributed by atoms with Crippen molar-refractivity contribution in [1.29, 1.82) is 0 Å².